The Hall–Kier alpha value is -2.86. The largest absolute Gasteiger partial charge is 0.354 e. The number of carbonyl (C=O) groups excluding carboxylic acids is 1. The zero-order chi connectivity index (χ0) is 18.1. The molecule has 6 nitrogen and oxygen atoms in total. The molecule has 2 aromatic heterocycles. The second-order valence-electron chi connectivity index (χ2n) is 6.81. The Balaban J connectivity index is 1.67. The molecule has 1 radical (unpaired) electrons. The fraction of sp³-hybridized carbons (Fsp3) is 0.300. The van der Waals surface area contributed by atoms with Crippen LogP contribution < -0.4 is 11.3 Å². The van der Waals surface area contributed by atoms with Crippen molar-refractivity contribution in [2.75, 3.05) is 13.1 Å². The number of rotatable bonds is 3. The van der Waals surface area contributed by atoms with Crippen molar-refractivity contribution >= 4 is 16.9 Å². The van der Waals surface area contributed by atoms with Crippen LogP contribution in [0.5, 0.6) is 0 Å². The van der Waals surface area contributed by atoms with Crippen molar-refractivity contribution in [3.05, 3.63) is 58.5 Å². The number of H-pyrrole nitrogens is 1. The van der Waals surface area contributed by atoms with Gasteiger partial charge in [-0.1, -0.05) is 12.5 Å². The van der Waals surface area contributed by atoms with Crippen molar-refractivity contribution < 1.29 is 4.79 Å². The Morgan fingerprint density at radius 3 is 2.77 bits per heavy atom. The monoisotopic (exact) mass is 349 g/mol. The summed E-state index contributed by atoms with van der Waals surface area (Å²) in [5.74, 6) is 0. The number of nitrogens with one attached hydrogen (secondary N) is 1. The van der Waals surface area contributed by atoms with Crippen molar-refractivity contribution in [3.63, 3.8) is 0 Å². The van der Waals surface area contributed by atoms with Crippen molar-refractivity contribution in [3.8, 4) is 11.3 Å². The van der Waals surface area contributed by atoms with Crippen molar-refractivity contribution in [1.29, 1.82) is 0 Å². The Labute approximate surface area is 151 Å². The predicted molar refractivity (Wildman–Crippen MR) is 101 cm³/mol. The summed E-state index contributed by atoms with van der Waals surface area (Å²) in [6.07, 6.45) is 5.13. The first-order chi connectivity index (χ1) is 12.6. The number of primary amides is 1. The zero-order valence-electron chi connectivity index (χ0n) is 14.5. The molecule has 0 atom stereocenters. The molecule has 0 spiro atoms. The maximum absolute atomic E-state index is 12.4. The van der Waals surface area contributed by atoms with Crippen LogP contribution in [0.25, 0.3) is 22.2 Å². The smallest absolute Gasteiger partial charge is 0.325 e. The fourth-order valence-corrected chi connectivity index (χ4v) is 3.60. The lowest BCUT2D eigenvalue weighted by atomic mass is 10.1. The van der Waals surface area contributed by atoms with Gasteiger partial charge in [-0.25, -0.2) is 9.36 Å². The molecular formula is C20H21N4O2. The van der Waals surface area contributed by atoms with Gasteiger partial charge < -0.3 is 10.7 Å². The number of benzene rings is 1. The third-order valence-corrected chi connectivity index (χ3v) is 4.95. The summed E-state index contributed by atoms with van der Waals surface area (Å²) < 4.78 is 0.864. The molecule has 1 amide bonds. The molecule has 0 bridgehead atoms. The molecule has 1 saturated heterocycles. The van der Waals surface area contributed by atoms with Crippen LogP contribution in [-0.2, 0) is 6.54 Å². The van der Waals surface area contributed by atoms with E-state index in [-0.39, 0.29) is 0 Å². The number of aromatic amines is 1. The summed E-state index contributed by atoms with van der Waals surface area (Å²) >= 11 is 0. The first kappa shape index (κ1) is 16.6. The molecule has 3 heterocycles. The molecule has 26 heavy (non-hydrogen) atoms. The summed E-state index contributed by atoms with van der Waals surface area (Å²) in [6, 6.07) is 11.8. The minimum absolute atomic E-state index is 0.375. The minimum atomic E-state index is -0.812. The molecule has 1 aromatic carbocycles. The summed E-state index contributed by atoms with van der Waals surface area (Å²) in [5, 5.41) is 1.04. The van der Waals surface area contributed by atoms with Gasteiger partial charge >= 0.3 is 6.03 Å². The van der Waals surface area contributed by atoms with Gasteiger partial charge in [-0.15, -0.1) is 0 Å². The number of piperidine rings is 1. The van der Waals surface area contributed by atoms with Gasteiger partial charge in [0.05, 0.1) is 11.3 Å². The van der Waals surface area contributed by atoms with Gasteiger partial charge in [-0.05, 0) is 55.8 Å². The van der Waals surface area contributed by atoms with E-state index in [9.17, 15) is 9.59 Å². The predicted octanol–water partition coefficient (Wildman–Crippen LogP) is 2.71. The Kier molecular flexibility index (Phi) is 4.34. The maximum Gasteiger partial charge on any atom is 0.325 e. The van der Waals surface area contributed by atoms with Gasteiger partial charge in [-0.3, -0.25) is 9.69 Å². The molecule has 4 rings (SSSR count). The third-order valence-electron chi connectivity index (χ3n) is 4.95. The molecule has 3 N–H and O–H groups in total. The summed E-state index contributed by atoms with van der Waals surface area (Å²) in [4.78, 5) is 29.5. The molecule has 0 saturated carbocycles. The number of nitrogens with zero attached hydrogens (tertiary/aromatic N) is 2. The van der Waals surface area contributed by atoms with E-state index in [1.54, 1.807) is 6.07 Å². The molecule has 3 aromatic rings. The highest BCUT2D eigenvalue weighted by Crippen LogP contribution is 2.24. The highest BCUT2D eigenvalue weighted by Gasteiger charge is 2.13. The summed E-state index contributed by atoms with van der Waals surface area (Å²) in [6.45, 7) is 3.26. The molecule has 1 aliphatic rings. The number of aromatic nitrogens is 2. The number of hydrogen-bond acceptors (Lipinski definition) is 3. The Morgan fingerprint density at radius 2 is 2.00 bits per heavy atom. The van der Waals surface area contributed by atoms with E-state index in [1.807, 2.05) is 12.1 Å². The van der Waals surface area contributed by atoms with Crippen molar-refractivity contribution in [2.45, 2.75) is 25.8 Å². The van der Waals surface area contributed by atoms with Gasteiger partial charge in [0.2, 0.25) is 0 Å². The Morgan fingerprint density at radius 1 is 1.19 bits per heavy atom. The molecule has 133 valence electrons. The third kappa shape index (κ3) is 3.15. The zero-order valence-corrected chi connectivity index (χ0v) is 14.5. The van der Waals surface area contributed by atoms with Crippen molar-refractivity contribution in [1.82, 2.24) is 14.5 Å². The highest BCUT2D eigenvalue weighted by molar-refractivity contribution is 5.86. The van der Waals surface area contributed by atoms with Crippen LogP contribution in [-0.4, -0.2) is 33.6 Å². The number of pyridine rings is 1. The summed E-state index contributed by atoms with van der Waals surface area (Å²) in [7, 11) is 0. The lowest BCUT2D eigenvalue weighted by Crippen LogP contribution is -2.31. The topological polar surface area (TPSA) is 84.1 Å². The van der Waals surface area contributed by atoms with E-state index in [4.69, 9.17) is 5.73 Å². The van der Waals surface area contributed by atoms with Gasteiger partial charge in [0.25, 0.3) is 5.56 Å². The lowest BCUT2D eigenvalue weighted by molar-refractivity contribution is 0.221. The summed E-state index contributed by atoms with van der Waals surface area (Å²) in [5.41, 5.74) is 8.04. The average Bonchev–Trinajstić information content (AvgIpc) is 3.05. The van der Waals surface area contributed by atoms with Gasteiger partial charge in [0, 0.05) is 29.7 Å². The molecule has 1 fully saturated rings. The SMILES string of the molecule is NC(=O)n1c[c]cc(-c2cc3cc(CN4CCCCC4)ccc3[nH]2)c1=O. The first-order valence-electron chi connectivity index (χ1n) is 8.89. The minimum Gasteiger partial charge on any atom is -0.354 e. The van der Waals surface area contributed by atoms with Crippen LogP contribution in [0.3, 0.4) is 0 Å². The number of likely N-dealkylation sites (tertiary alicyclic amines) is 1. The number of nitrogens with two attached hydrogens (primary N) is 1. The molecule has 6 heteroatoms. The van der Waals surface area contributed by atoms with E-state index in [1.165, 1.54) is 31.0 Å². The normalized spacial score (nSPS) is 15.4. The van der Waals surface area contributed by atoms with Crippen LogP contribution in [0.4, 0.5) is 4.79 Å². The Bertz CT molecular complexity index is 1010. The number of hydrogen-bond donors (Lipinski definition) is 2. The van der Waals surface area contributed by atoms with E-state index < -0.39 is 11.6 Å². The first-order valence-corrected chi connectivity index (χ1v) is 8.89. The standard InChI is InChI=1S/C20H21N4O2/c21-20(26)24-10-4-5-16(19(24)25)18-12-15-11-14(6-7-17(15)22-18)13-23-8-2-1-3-9-23/h5-7,10-12,22H,1-3,8-9,13H2,(H2,21,26). The average molecular weight is 349 g/mol. The van der Waals surface area contributed by atoms with Crippen LogP contribution in [0.1, 0.15) is 24.8 Å². The maximum atomic E-state index is 12.4. The van der Waals surface area contributed by atoms with Crippen LogP contribution in [0.15, 0.2) is 41.3 Å². The molecule has 0 unspecified atom stereocenters. The number of amides is 1. The van der Waals surface area contributed by atoms with Gasteiger partial charge in [-0.2, -0.15) is 0 Å². The second kappa shape index (κ2) is 6.80. The fourth-order valence-electron chi connectivity index (χ4n) is 3.60. The number of fused-ring (bicyclic) bond motifs is 1. The second-order valence-corrected chi connectivity index (χ2v) is 6.81. The highest BCUT2D eigenvalue weighted by atomic mass is 16.2. The lowest BCUT2D eigenvalue weighted by Gasteiger charge is -2.26. The van der Waals surface area contributed by atoms with E-state index in [0.717, 1.165) is 35.1 Å². The van der Waals surface area contributed by atoms with Crippen LogP contribution >= 0.6 is 0 Å². The number of carbonyl (C=O) groups is 1. The van der Waals surface area contributed by atoms with E-state index in [2.05, 4.69) is 28.1 Å². The van der Waals surface area contributed by atoms with Crippen LogP contribution in [0.2, 0.25) is 0 Å². The molecular weight excluding hydrogens is 328 g/mol. The van der Waals surface area contributed by atoms with E-state index >= 15 is 0 Å². The van der Waals surface area contributed by atoms with Crippen molar-refractivity contribution in [2.24, 2.45) is 5.73 Å². The van der Waals surface area contributed by atoms with Crippen LogP contribution in [0, 0.1) is 6.07 Å². The van der Waals surface area contributed by atoms with E-state index in [0.29, 0.717) is 11.3 Å². The molecule has 1 aliphatic heterocycles. The molecule has 0 aliphatic carbocycles. The van der Waals surface area contributed by atoms with Gasteiger partial charge in [0.15, 0.2) is 0 Å². The quantitative estimate of drug-likeness (QED) is 0.762. The van der Waals surface area contributed by atoms with Gasteiger partial charge in [0.1, 0.15) is 0 Å².